The van der Waals surface area contributed by atoms with E-state index in [0.29, 0.717) is 13.0 Å². The highest BCUT2D eigenvalue weighted by atomic mass is 19.1. The quantitative estimate of drug-likeness (QED) is 0.637. The Bertz CT molecular complexity index is 1010. The molecule has 4 rings (SSSR count). The molecule has 5 nitrogen and oxygen atoms in total. The van der Waals surface area contributed by atoms with Gasteiger partial charge in [0.2, 0.25) is 5.91 Å². The maximum Gasteiger partial charge on any atom is 0.227 e. The Hall–Kier alpha value is -3.28. The Balaban J connectivity index is 1.50. The fourth-order valence-electron chi connectivity index (χ4n) is 3.93. The molecule has 1 amide bonds. The van der Waals surface area contributed by atoms with Crippen LogP contribution in [0.4, 0.5) is 4.39 Å². The number of methoxy groups -OCH3 is 1. The fraction of sp³-hybridized carbons (Fsp3) is 0.292. The highest BCUT2D eigenvalue weighted by Gasteiger charge is 2.28. The first-order valence-electron chi connectivity index (χ1n) is 10.1. The number of benzene rings is 2. The summed E-state index contributed by atoms with van der Waals surface area (Å²) in [6.07, 6.45) is 5.55. The van der Waals surface area contributed by atoms with Crippen LogP contribution in [0.15, 0.2) is 60.9 Å². The third-order valence-electron chi connectivity index (χ3n) is 5.52. The number of carbonyl (C=O) groups is 1. The molecule has 6 heteroatoms. The van der Waals surface area contributed by atoms with E-state index < -0.39 is 0 Å². The first-order chi connectivity index (χ1) is 14.6. The van der Waals surface area contributed by atoms with Gasteiger partial charge in [0.25, 0.3) is 0 Å². The number of piperidine rings is 1. The second kappa shape index (κ2) is 9.03. The third kappa shape index (κ3) is 4.48. The zero-order chi connectivity index (χ0) is 20.9. The topological polar surface area (TPSA) is 55.3 Å². The van der Waals surface area contributed by atoms with Crippen molar-refractivity contribution in [1.82, 2.24) is 14.9 Å². The van der Waals surface area contributed by atoms with E-state index in [1.54, 1.807) is 31.6 Å². The van der Waals surface area contributed by atoms with Crippen LogP contribution in [-0.2, 0) is 11.2 Å². The summed E-state index contributed by atoms with van der Waals surface area (Å²) in [4.78, 5) is 23.9. The van der Waals surface area contributed by atoms with E-state index in [0.717, 1.165) is 47.7 Å². The van der Waals surface area contributed by atoms with E-state index in [1.807, 2.05) is 29.2 Å². The molecule has 1 atom stereocenters. The standard InChI is InChI=1S/C24H24FN3O2/c1-30-21-10-4-17(5-11-21)15-22(29)28-14-2-3-19(16-28)24-23(26-12-13-27-24)18-6-8-20(25)9-7-18/h4-13,19H,2-3,14-16H2,1H3/t19-/m1/s1. The number of hydrogen-bond donors (Lipinski definition) is 0. The van der Waals surface area contributed by atoms with Crippen molar-refractivity contribution in [3.8, 4) is 17.0 Å². The molecular weight excluding hydrogens is 381 g/mol. The molecule has 1 saturated heterocycles. The molecule has 0 N–H and O–H groups in total. The zero-order valence-electron chi connectivity index (χ0n) is 16.9. The number of likely N-dealkylation sites (tertiary alicyclic amines) is 1. The van der Waals surface area contributed by atoms with Crippen LogP contribution in [0.5, 0.6) is 5.75 Å². The number of nitrogens with zero attached hydrogens (tertiary/aromatic N) is 3. The number of hydrogen-bond acceptors (Lipinski definition) is 4. The molecule has 0 unspecified atom stereocenters. The molecule has 3 aromatic rings. The highest BCUT2D eigenvalue weighted by molar-refractivity contribution is 5.79. The first kappa shape index (κ1) is 20.0. The minimum Gasteiger partial charge on any atom is -0.497 e. The van der Waals surface area contributed by atoms with Crippen molar-refractivity contribution in [1.29, 1.82) is 0 Å². The van der Waals surface area contributed by atoms with Crippen LogP contribution in [0.2, 0.25) is 0 Å². The van der Waals surface area contributed by atoms with Gasteiger partial charge in [-0.3, -0.25) is 14.8 Å². The largest absolute Gasteiger partial charge is 0.497 e. The van der Waals surface area contributed by atoms with Gasteiger partial charge in [0.1, 0.15) is 11.6 Å². The summed E-state index contributed by atoms with van der Waals surface area (Å²) in [5, 5.41) is 0. The van der Waals surface area contributed by atoms with Gasteiger partial charge in [-0.1, -0.05) is 12.1 Å². The summed E-state index contributed by atoms with van der Waals surface area (Å²) in [7, 11) is 1.63. The van der Waals surface area contributed by atoms with Crippen molar-refractivity contribution in [3.05, 3.63) is 78.0 Å². The van der Waals surface area contributed by atoms with Gasteiger partial charge in [-0.25, -0.2) is 4.39 Å². The zero-order valence-corrected chi connectivity index (χ0v) is 16.9. The van der Waals surface area contributed by atoms with Crippen molar-refractivity contribution in [2.24, 2.45) is 0 Å². The number of rotatable bonds is 5. The van der Waals surface area contributed by atoms with Gasteiger partial charge in [0, 0.05) is 37.0 Å². The van der Waals surface area contributed by atoms with Gasteiger partial charge >= 0.3 is 0 Å². The van der Waals surface area contributed by atoms with Crippen LogP contribution >= 0.6 is 0 Å². The second-order valence-corrected chi connectivity index (χ2v) is 7.50. The summed E-state index contributed by atoms with van der Waals surface area (Å²) in [6, 6.07) is 13.9. The van der Waals surface area contributed by atoms with Gasteiger partial charge < -0.3 is 9.64 Å². The second-order valence-electron chi connectivity index (χ2n) is 7.50. The Morgan fingerprint density at radius 1 is 1.10 bits per heavy atom. The van der Waals surface area contributed by atoms with E-state index in [9.17, 15) is 9.18 Å². The summed E-state index contributed by atoms with van der Waals surface area (Å²) in [5.41, 5.74) is 3.42. The molecule has 0 aliphatic carbocycles. The van der Waals surface area contributed by atoms with Gasteiger partial charge in [-0.05, 0) is 54.8 Å². The Kier molecular flexibility index (Phi) is 6.02. The van der Waals surface area contributed by atoms with Crippen LogP contribution in [0.25, 0.3) is 11.3 Å². The van der Waals surface area contributed by atoms with Gasteiger partial charge in [-0.2, -0.15) is 0 Å². The molecule has 0 spiro atoms. The number of amides is 1. The minimum atomic E-state index is -0.280. The minimum absolute atomic E-state index is 0.104. The summed E-state index contributed by atoms with van der Waals surface area (Å²) in [5.74, 6) is 0.710. The average Bonchev–Trinajstić information content (AvgIpc) is 2.80. The maximum absolute atomic E-state index is 13.3. The SMILES string of the molecule is COc1ccc(CC(=O)N2CCC[C@@H](c3nccnc3-c3ccc(F)cc3)C2)cc1. The van der Waals surface area contributed by atoms with Gasteiger partial charge in [0.15, 0.2) is 0 Å². The monoisotopic (exact) mass is 405 g/mol. The molecule has 1 aromatic heterocycles. The van der Waals surface area contributed by atoms with Crippen molar-refractivity contribution >= 4 is 5.91 Å². The van der Waals surface area contributed by atoms with Crippen molar-refractivity contribution in [3.63, 3.8) is 0 Å². The highest BCUT2D eigenvalue weighted by Crippen LogP contribution is 2.32. The Morgan fingerprint density at radius 2 is 1.83 bits per heavy atom. The molecular formula is C24H24FN3O2. The molecule has 0 bridgehead atoms. The lowest BCUT2D eigenvalue weighted by molar-refractivity contribution is -0.131. The molecule has 1 fully saturated rings. The van der Waals surface area contributed by atoms with Crippen LogP contribution in [0.1, 0.15) is 30.0 Å². The predicted octanol–water partition coefficient (Wildman–Crippen LogP) is 4.24. The molecule has 0 saturated carbocycles. The molecule has 1 aliphatic heterocycles. The fourth-order valence-corrected chi connectivity index (χ4v) is 3.93. The normalized spacial score (nSPS) is 16.3. The lowest BCUT2D eigenvalue weighted by Crippen LogP contribution is -2.40. The van der Waals surface area contributed by atoms with Crippen molar-refractivity contribution in [2.45, 2.75) is 25.2 Å². The summed E-state index contributed by atoms with van der Waals surface area (Å²) in [6.45, 7) is 1.36. The van der Waals surface area contributed by atoms with Gasteiger partial charge in [0.05, 0.1) is 24.9 Å². The van der Waals surface area contributed by atoms with Crippen LogP contribution in [0, 0.1) is 5.82 Å². The maximum atomic E-state index is 13.3. The molecule has 154 valence electrons. The molecule has 2 heterocycles. The predicted molar refractivity (Wildman–Crippen MR) is 113 cm³/mol. The Morgan fingerprint density at radius 3 is 2.57 bits per heavy atom. The third-order valence-corrected chi connectivity index (χ3v) is 5.52. The number of halogens is 1. The number of carbonyl (C=O) groups excluding carboxylic acids is 1. The number of ether oxygens (including phenoxy) is 1. The van der Waals surface area contributed by atoms with E-state index >= 15 is 0 Å². The van der Waals surface area contributed by atoms with E-state index in [4.69, 9.17) is 4.74 Å². The van der Waals surface area contributed by atoms with Crippen LogP contribution < -0.4 is 4.74 Å². The lowest BCUT2D eigenvalue weighted by atomic mass is 9.91. The van der Waals surface area contributed by atoms with Crippen molar-refractivity contribution < 1.29 is 13.9 Å². The van der Waals surface area contributed by atoms with E-state index in [-0.39, 0.29) is 17.6 Å². The number of aromatic nitrogens is 2. The van der Waals surface area contributed by atoms with Crippen molar-refractivity contribution in [2.75, 3.05) is 20.2 Å². The van der Waals surface area contributed by atoms with Crippen LogP contribution in [0.3, 0.4) is 0 Å². The lowest BCUT2D eigenvalue weighted by Gasteiger charge is -2.33. The van der Waals surface area contributed by atoms with Gasteiger partial charge in [-0.15, -0.1) is 0 Å². The molecule has 1 aliphatic rings. The molecule has 2 aromatic carbocycles. The molecule has 0 radical (unpaired) electrons. The summed E-state index contributed by atoms with van der Waals surface area (Å²) >= 11 is 0. The average molecular weight is 405 g/mol. The first-order valence-corrected chi connectivity index (χ1v) is 10.1. The van der Waals surface area contributed by atoms with E-state index in [1.165, 1.54) is 12.1 Å². The van der Waals surface area contributed by atoms with Crippen LogP contribution in [-0.4, -0.2) is 41.0 Å². The Labute approximate surface area is 175 Å². The van der Waals surface area contributed by atoms with E-state index in [2.05, 4.69) is 9.97 Å². The smallest absolute Gasteiger partial charge is 0.227 e. The molecule has 30 heavy (non-hydrogen) atoms. The summed E-state index contributed by atoms with van der Waals surface area (Å²) < 4.78 is 18.5.